The third kappa shape index (κ3) is 6.87. The Morgan fingerprint density at radius 1 is 0.925 bits per heavy atom. The van der Waals surface area contributed by atoms with E-state index in [0.717, 1.165) is 4.90 Å². The fourth-order valence-electron chi connectivity index (χ4n) is 3.58. The Hall–Kier alpha value is -4.62. The lowest BCUT2D eigenvalue weighted by Gasteiger charge is -2.13. The standard InChI is InChI=1S/C27H23N3O8S2/c1-17(31)28-20-9-11-21(12-10-20)40(35,36)38-23-14-18(8-13-22(23)37-2)15-24-26(33)30(27(34)39-24)16-25(32)29-19-6-4-3-5-7-19/h3-15H,16H2,1-2H3,(H,28,31)(H,29,32)/b24-15-. The minimum atomic E-state index is -4.30. The molecule has 206 valence electrons. The maximum Gasteiger partial charge on any atom is 0.339 e. The van der Waals surface area contributed by atoms with E-state index in [1.807, 2.05) is 0 Å². The first-order valence-electron chi connectivity index (χ1n) is 11.7. The fourth-order valence-corrected chi connectivity index (χ4v) is 5.35. The second-order valence-electron chi connectivity index (χ2n) is 8.34. The first kappa shape index (κ1) is 28.4. The van der Waals surface area contributed by atoms with Crippen LogP contribution in [0.25, 0.3) is 6.08 Å². The highest BCUT2D eigenvalue weighted by Gasteiger charge is 2.36. The predicted octanol–water partition coefficient (Wildman–Crippen LogP) is 4.10. The fraction of sp³-hybridized carbons (Fsp3) is 0.111. The average molecular weight is 582 g/mol. The van der Waals surface area contributed by atoms with Crippen LogP contribution >= 0.6 is 11.8 Å². The van der Waals surface area contributed by atoms with Crippen molar-refractivity contribution in [3.63, 3.8) is 0 Å². The predicted molar refractivity (Wildman–Crippen MR) is 149 cm³/mol. The molecule has 0 unspecified atom stereocenters. The molecule has 3 aromatic carbocycles. The summed E-state index contributed by atoms with van der Waals surface area (Å²) >= 11 is 0.654. The van der Waals surface area contributed by atoms with Gasteiger partial charge in [-0.15, -0.1) is 0 Å². The number of nitrogens with one attached hydrogen (secondary N) is 2. The number of benzene rings is 3. The molecular weight excluding hydrogens is 558 g/mol. The molecule has 0 saturated carbocycles. The van der Waals surface area contributed by atoms with Crippen LogP contribution in [-0.4, -0.2) is 49.9 Å². The van der Waals surface area contributed by atoms with Gasteiger partial charge in [0.2, 0.25) is 11.8 Å². The lowest BCUT2D eigenvalue weighted by molar-refractivity contribution is -0.127. The molecule has 40 heavy (non-hydrogen) atoms. The summed E-state index contributed by atoms with van der Waals surface area (Å²) in [5.74, 6) is -1.54. The van der Waals surface area contributed by atoms with Crippen molar-refractivity contribution < 1.29 is 36.5 Å². The lowest BCUT2D eigenvalue weighted by Crippen LogP contribution is -2.36. The molecule has 1 fully saturated rings. The topological polar surface area (TPSA) is 148 Å². The summed E-state index contributed by atoms with van der Waals surface area (Å²) in [6.07, 6.45) is 1.39. The van der Waals surface area contributed by atoms with E-state index in [9.17, 15) is 27.6 Å². The number of amides is 4. The quantitative estimate of drug-likeness (QED) is 0.281. The van der Waals surface area contributed by atoms with Crippen LogP contribution in [0.15, 0.2) is 82.6 Å². The molecule has 3 aromatic rings. The summed E-state index contributed by atoms with van der Waals surface area (Å²) in [5, 5.41) is 4.55. The van der Waals surface area contributed by atoms with E-state index in [0.29, 0.717) is 28.7 Å². The van der Waals surface area contributed by atoms with Crippen molar-refractivity contribution in [3.8, 4) is 11.5 Å². The number of thioether (sulfide) groups is 1. The summed E-state index contributed by atoms with van der Waals surface area (Å²) in [7, 11) is -2.96. The molecule has 4 amide bonds. The second kappa shape index (κ2) is 12.1. The Labute approximate surface area is 234 Å². The molecule has 1 aliphatic rings. The number of rotatable bonds is 9. The van der Waals surface area contributed by atoms with E-state index in [1.165, 1.54) is 56.5 Å². The van der Waals surface area contributed by atoms with E-state index in [4.69, 9.17) is 8.92 Å². The van der Waals surface area contributed by atoms with E-state index >= 15 is 0 Å². The smallest absolute Gasteiger partial charge is 0.339 e. The van der Waals surface area contributed by atoms with Gasteiger partial charge in [0.1, 0.15) is 11.4 Å². The van der Waals surface area contributed by atoms with Gasteiger partial charge in [-0.25, -0.2) is 0 Å². The van der Waals surface area contributed by atoms with Crippen molar-refractivity contribution in [2.75, 3.05) is 24.3 Å². The monoisotopic (exact) mass is 581 g/mol. The van der Waals surface area contributed by atoms with Crippen molar-refractivity contribution >= 4 is 62.3 Å². The zero-order chi connectivity index (χ0) is 28.9. The molecule has 0 aliphatic carbocycles. The Morgan fingerprint density at radius 2 is 1.60 bits per heavy atom. The molecule has 0 aromatic heterocycles. The van der Waals surface area contributed by atoms with Crippen molar-refractivity contribution in [2.45, 2.75) is 11.8 Å². The number of nitrogens with zero attached hydrogens (tertiary/aromatic N) is 1. The first-order valence-corrected chi connectivity index (χ1v) is 13.9. The summed E-state index contributed by atoms with van der Waals surface area (Å²) in [6, 6.07) is 18.4. The van der Waals surface area contributed by atoms with Crippen molar-refractivity contribution in [1.82, 2.24) is 4.90 Å². The summed E-state index contributed by atoms with van der Waals surface area (Å²) < 4.78 is 36.4. The molecular formula is C27H23N3O8S2. The van der Waals surface area contributed by atoms with E-state index in [-0.39, 0.29) is 27.2 Å². The minimum Gasteiger partial charge on any atom is -0.493 e. The number of methoxy groups -OCH3 is 1. The number of carbonyl (C=O) groups excluding carboxylic acids is 4. The summed E-state index contributed by atoms with van der Waals surface area (Å²) in [5.41, 5.74) is 1.29. The maximum atomic E-state index is 12.9. The molecule has 13 heteroatoms. The molecule has 0 atom stereocenters. The largest absolute Gasteiger partial charge is 0.493 e. The van der Waals surface area contributed by atoms with Gasteiger partial charge in [0.05, 0.1) is 12.0 Å². The highest BCUT2D eigenvalue weighted by Crippen LogP contribution is 2.35. The normalized spacial score (nSPS) is 14.2. The van der Waals surface area contributed by atoms with Gasteiger partial charge < -0.3 is 19.6 Å². The van der Waals surface area contributed by atoms with Gasteiger partial charge >= 0.3 is 10.1 Å². The van der Waals surface area contributed by atoms with Crippen LogP contribution in [0.1, 0.15) is 12.5 Å². The van der Waals surface area contributed by atoms with Crippen LogP contribution < -0.4 is 19.6 Å². The second-order valence-corrected chi connectivity index (χ2v) is 10.9. The summed E-state index contributed by atoms with van der Waals surface area (Å²) in [6.45, 7) is 0.864. The van der Waals surface area contributed by atoms with Gasteiger partial charge in [-0.1, -0.05) is 24.3 Å². The number of para-hydroxylation sites is 1. The van der Waals surface area contributed by atoms with Crippen LogP contribution in [0.2, 0.25) is 0 Å². The van der Waals surface area contributed by atoms with Crippen LogP contribution in [0.3, 0.4) is 0 Å². The van der Waals surface area contributed by atoms with E-state index in [1.54, 1.807) is 36.4 Å². The number of anilines is 2. The Kier molecular flexibility index (Phi) is 8.55. The molecule has 2 N–H and O–H groups in total. The van der Waals surface area contributed by atoms with Gasteiger partial charge in [-0.05, 0) is 71.9 Å². The molecule has 4 rings (SSSR count). The highest BCUT2D eigenvalue weighted by atomic mass is 32.2. The number of imide groups is 1. The molecule has 0 spiro atoms. The minimum absolute atomic E-state index is 0.0463. The first-order chi connectivity index (χ1) is 19.1. The van der Waals surface area contributed by atoms with E-state index in [2.05, 4.69) is 10.6 Å². The van der Waals surface area contributed by atoms with Gasteiger partial charge in [-0.3, -0.25) is 24.1 Å². The molecule has 0 bridgehead atoms. The number of carbonyl (C=O) groups is 4. The van der Waals surface area contributed by atoms with Gasteiger partial charge in [-0.2, -0.15) is 8.42 Å². The molecule has 1 heterocycles. The third-order valence-corrected chi connectivity index (χ3v) is 7.54. The third-order valence-electron chi connectivity index (χ3n) is 5.38. The molecule has 0 radical (unpaired) electrons. The number of ether oxygens (including phenoxy) is 1. The van der Waals surface area contributed by atoms with Crippen molar-refractivity contribution in [3.05, 3.63) is 83.3 Å². The SMILES string of the molecule is COc1ccc(/C=C2\SC(=O)N(CC(=O)Nc3ccccc3)C2=O)cc1OS(=O)(=O)c1ccc(NC(C)=O)cc1. The molecule has 11 nitrogen and oxygen atoms in total. The molecule has 1 saturated heterocycles. The Balaban J connectivity index is 1.51. The maximum absolute atomic E-state index is 12.9. The summed E-state index contributed by atoms with van der Waals surface area (Å²) in [4.78, 5) is 49.6. The zero-order valence-corrected chi connectivity index (χ0v) is 22.9. The van der Waals surface area contributed by atoms with Gasteiger partial charge in [0, 0.05) is 18.3 Å². The number of hydrogen-bond donors (Lipinski definition) is 2. The Morgan fingerprint density at radius 3 is 2.25 bits per heavy atom. The van der Waals surface area contributed by atoms with Gasteiger partial charge in [0.25, 0.3) is 11.1 Å². The van der Waals surface area contributed by atoms with Crippen LogP contribution in [0.4, 0.5) is 16.2 Å². The van der Waals surface area contributed by atoms with Crippen LogP contribution in [0.5, 0.6) is 11.5 Å². The van der Waals surface area contributed by atoms with E-state index < -0.39 is 33.7 Å². The van der Waals surface area contributed by atoms with Crippen molar-refractivity contribution in [2.24, 2.45) is 0 Å². The Bertz CT molecular complexity index is 1600. The molecule has 1 aliphatic heterocycles. The van der Waals surface area contributed by atoms with Gasteiger partial charge in [0.15, 0.2) is 11.5 Å². The average Bonchev–Trinajstić information content (AvgIpc) is 3.16. The lowest BCUT2D eigenvalue weighted by atomic mass is 10.2. The number of hydrogen-bond acceptors (Lipinski definition) is 9. The van der Waals surface area contributed by atoms with Crippen molar-refractivity contribution in [1.29, 1.82) is 0 Å². The highest BCUT2D eigenvalue weighted by molar-refractivity contribution is 8.18. The van der Waals surface area contributed by atoms with Crippen LogP contribution in [0, 0.1) is 0 Å². The zero-order valence-electron chi connectivity index (χ0n) is 21.2. The van der Waals surface area contributed by atoms with Crippen LogP contribution in [-0.2, 0) is 24.5 Å².